The lowest BCUT2D eigenvalue weighted by Crippen LogP contribution is -2.07. The van der Waals surface area contributed by atoms with Gasteiger partial charge in [-0.25, -0.2) is 0 Å². The number of methoxy groups -OCH3 is 2. The Labute approximate surface area is 144 Å². The molecule has 0 aliphatic heterocycles. The number of hydrogen-bond acceptors (Lipinski definition) is 3. The molecule has 2 rings (SSSR count). The highest BCUT2D eigenvalue weighted by Gasteiger charge is 2.08. The molecule has 1 N–H and O–H groups in total. The van der Waals surface area contributed by atoms with Gasteiger partial charge < -0.3 is 14.8 Å². The van der Waals surface area contributed by atoms with Crippen LogP contribution in [0.15, 0.2) is 42.5 Å². The summed E-state index contributed by atoms with van der Waals surface area (Å²) in [6.07, 6.45) is 2.97. The molecule has 0 bridgehead atoms. The number of anilines is 1. The Kier molecular flexibility index (Phi) is 5.90. The summed E-state index contributed by atoms with van der Waals surface area (Å²) in [5, 5.41) is 3.59. The van der Waals surface area contributed by atoms with E-state index < -0.39 is 0 Å². The average molecular weight is 352 g/mol. The van der Waals surface area contributed by atoms with Crippen molar-refractivity contribution in [2.24, 2.45) is 0 Å². The van der Waals surface area contributed by atoms with Crippen molar-refractivity contribution in [3.05, 3.63) is 58.1 Å². The van der Waals surface area contributed by atoms with E-state index in [1.165, 1.54) is 13.2 Å². The fourth-order valence-corrected chi connectivity index (χ4v) is 2.56. The Morgan fingerprint density at radius 3 is 2.61 bits per heavy atom. The van der Waals surface area contributed by atoms with Gasteiger partial charge in [-0.1, -0.05) is 29.3 Å². The number of amides is 1. The standard InChI is InChI=1S/C17H15Cl2NO3/c1-22-14-5-3-4-13(10-14)20-16(21)7-6-11-8-12(18)9-15(19)17(11)23-2/h3-10H,1-2H3,(H,20,21)/b7-6+. The molecule has 0 fully saturated rings. The number of hydrogen-bond donors (Lipinski definition) is 1. The predicted octanol–water partition coefficient (Wildman–Crippen LogP) is 4.66. The third-order valence-electron chi connectivity index (χ3n) is 2.99. The van der Waals surface area contributed by atoms with E-state index in [1.807, 2.05) is 0 Å². The van der Waals surface area contributed by atoms with Crippen LogP contribution in [0.3, 0.4) is 0 Å². The van der Waals surface area contributed by atoms with Crippen LogP contribution in [0, 0.1) is 0 Å². The van der Waals surface area contributed by atoms with E-state index in [2.05, 4.69) is 5.32 Å². The van der Waals surface area contributed by atoms with Crippen LogP contribution < -0.4 is 14.8 Å². The second-order valence-corrected chi connectivity index (χ2v) is 5.41. The summed E-state index contributed by atoms with van der Waals surface area (Å²) in [5.41, 5.74) is 1.25. The van der Waals surface area contributed by atoms with Gasteiger partial charge in [-0.15, -0.1) is 0 Å². The van der Waals surface area contributed by atoms with Crippen LogP contribution in [0.1, 0.15) is 5.56 Å². The van der Waals surface area contributed by atoms with Crippen LogP contribution in [0.2, 0.25) is 10.0 Å². The summed E-state index contributed by atoms with van der Waals surface area (Å²) >= 11 is 12.0. The summed E-state index contributed by atoms with van der Waals surface area (Å²) in [6, 6.07) is 10.3. The van der Waals surface area contributed by atoms with Crippen molar-refractivity contribution < 1.29 is 14.3 Å². The number of carbonyl (C=O) groups is 1. The molecule has 1 amide bonds. The summed E-state index contributed by atoms with van der Waals surface area (Å²) in [7, 11) is 3.07. The first-order chi connectivity index (χ1) is 11.0. The van der Waals surface area contributed by atoms with E-state index >= 15 is 0 Å². The maximum absolute atomic E-state index is 12.0. The molecule has 0 spiro atoms. The van der Waals surface area contributed by atoms with Crippen molar-refractivity contribution in [1.82, 2.24) is 0 Å². The van der Waals surface area contributed by atoms with Gasteiger partial charge in [0.1, 0.15) is 11.5 Å². The van der Waals surface area contributed by atoms with E-state index in [0.29, 0.717) is 32.8 Å². The number of nitrogens with one attached hydrogen (secondary N) is 1. The SMILES string of the molecule is COc1cccc(NC(=O)/C=C/c2cc(Cl)cc(Cl)c2OC)c1. The van der Waals surface area contributed by atoms with Gasteiger partial charge in [0.2, 0.25) is 5.91 Å². The van der Waals surface area contributed by atoms with E-state index in [-0.39, 0.29) is 5.91 Å². The fourth-order valence-electron chi connectivity index (χ4n) is 1.97. The van der Waals surface area contributed by atoms with E-state index in [1.54, 1.807) is 49.6 Å². The molecule has 4 nitrogen and oxygen atoms in total. The highest BCUT2D eigenvalue weighted by Crippen LogP contribution is 2.33. The number of benzene rings is 2. The number of carbonyl (C=O) groups excluding carboxylic acids is 1. The van der Waals surface area contributed by atoms with Crippen LogP contribution >= 0.6 is 23.2 Å². The van der Waals surface area contributed by atoms with Crippen molar-refractivity contribution in [2.75, 3.05) is 19.5 Å². The third kappa shape index (κ3) is 4.65. The lowest BCUT2D eigenvalue weighted by molar-refractivity contribution is -0.111. The van der Waals surface area contributed by atoms with Gasteiger partial charge in [0, 0.05) is 28.4 Å². The van der Waals surface area contributed by atoms with Gasteiger partial charge in [-0.3, -0.25) is 4.79 Å². The largest absolute Gasteiger partial charge is 0.497 e. The van der Waals surface area contributed by atoms with Crippen molar-refractivity contribution in [3.8, 4) is 11.5 Å². The zero-order chi connectivity index (χ0) is 16.8. The Morgan fingerprint density at radius 2 is 1.91 bits per heavy atom. The van der Waals surface area contributed by atoms with E-state index in [0.717, 1.165) is 0 Å². The van der Waals surface area contributed by atoms with Gasteiger partial charge in [-0.05, 0) is 30.3 Å². The quantitative estimate of drug-likeness (QED) is 0.796. The first-order valence-corrected chi connectivity index (χ1v) is 7.45. The predicted molar refractivity (Wildman–Crippen MR) is 93.7 cm³/mol. The number of halogens is 2. The topological polar surface area (TPSA) is 47.6 Å². The zero-order valence-corrected chi connectivity index (χ0v) is 14.1. The maximum atomic E-state index is 12.0. The van der Waals surface area contributed by atoms with E-state index in [9.17, 15) is 4.79 Å². The maximum Gasteiger partial charge on any atom is 0.248 e. The van der Waals surface area contributed by atoms with Crippen molar-refractivity contribution >= 4 is 40.9 Å². The first kappa shape index (κ1) is 17.2. The van der Waals surface area contributed by atoms with E-state index in [4.69, 9.17) is 32.7 Å². The van der Waals surface area contributed by atoms with Gasteiger partial charge in [0.05, 0.1) is 19.2 Å². The minimum Gasteiger partial charge on any atom is -0.497 e. The molecule has 0 aliphatic rings. The van der Waals surface area contributed by atoms with Crippen LogP contribution in [0.4, 0.5) is 5.69 Å². The van der Waals surface area contributed by atoms with Gasteiger partial charge in [-0.2, -0.15) is 0 Å². The molecule has 2 aromatic carbocycles. The molecule has 0 unspecified atom stereocenters. The van der Waals surface area contributed by atoms with Crippen molar-refractivity contribution in [2.45, 2.75) is 0 Å². The molecule has 0 heterocycles. The van der Waals surface area contributed by atoms with Crippen LogP contribution in [-0.2, 0) is 4.79 Å². The molecule has 0 radical (unpaired) electrons. The molecule has 6 heteroatoms. The Hall–Kier alpha value is -2.17. The minimum absolute atomic E-state index is 0.295. The second-order valence-electron chi connectivity index (χ2n) is 4.56. The molecule has 0 atom stereocenters. The van der Waals surface area contributed by atoms with Crippen LogP contribution in [0.5, 0.6) is 11.5 Å². The first-order valence-electron chi connectivity index (χ1n) is 6.69. The monoisotopic (exact) mass is 351 g/mol. The average Bonchev–Trinajstić information content (AvgIpc) is 2.52. The summed E-state index contributed by atoms with van der Waals surface area (Å²) in [4.78, 5) is 12.0. The lowest BCUT2D eigenvalue weighted by atomic mass is 10.2. The number of rotatable bonds is 5. The smallest absolute Gasteiger partial charge is 0.248 e. The van der Waals surface area contributed by atoms with Crippen LogP contribution in [-0.4, -0.2) is 20.1 Å². The second kappa shape index (κ2) is 7.90. The van der Waals surface area contributed by atoms with Crippen molar-refractivity contribution in [1.29, 1.82) is 0 Å². The molecule has 0 saturated carbocycles. The Bertz CT molecular complexity index is 745. The third-order valence-corrected chi connectivity index (χ3v) is 3.49. The normalized spacial score (nSPS) is 10.6. The van der Waals surface area contributed by atoms with Gasteiger partial charge in [0.15, 0.2) is 0 Å². The molecule has 0 aromatic heterocycles. The molecular weight excluding hydrogens is 337 g/mol. The fraction of sp³-hybridized carbons (Fsp3) is 0.118. The lowest BCUT2D eigenvalue weighted by Gasteiger charge is -2.08. The summed E-state index contributed by atoms with van der Waals surface area (Å²) in [6.45, 7) is 0. The van der Waals surface area contributed by atoms with Crippen LogP contribution in [0.25, 0.3) is 6.08 Å². The molecule has 120 valence electrons. The molecule has 2 aromatic rings. The van der Waals surface area contributed by atoms with Gasteiger partial charge in [0.25, 0.3) is 0 Å². The van der Waals surface area contributed by atoms with Gasteiger partial charge >= 0.3 is 0 Å². The highest BCUT2D eigenvalue weighted by atomic mass is 35.5. The zero-order valence-electron chi connectivity index (χ0n) is 12.6. The molecular formula is C17H15Cl2NO3. The summed E-state index contributed by atoms with van der Waals surface area (Å²) < 4.78 is 10.3. The highest BCUT2D eigenvalue weighted by molar-refractivity contribution is 6.36. The Balaban J connectivity index is 2.15. The summed E-state index contributed by atoms with van der Waals surface area (Å²) in [5.74, 6) is 0.827. The Morgan fingerprint density at radius 1 is 1.13 bits per heavy atom. The minimum atomic E-state index is -0.295. The van der Waals surface area contributed by atoms with Crippen molar-refractivity contribution in [3.63, 3.8) is 0 Å². The molecule has 0 saturated heterocycles. The molecule has 23 heavy (non-hydrogen) atoms. The number of ether oxygens (including phenoxy) is 2. The molecule has 0 aliphatic carbocycles.